The molecule has 2 aromatic rings. The summed E-state index contributed by atoms with van der Waals surface area (Å²) in [6, 6.07) is 8.23. The van der Waals surface area contributed by atoms with E-state index in [0.29, 0.717) is 17.2 Å². The zero-order valence-corrected chi connectivity index (χ0v) is 11.2. The first-order valence-corrected chi connectivity index (χ1v) is 6.41. The van der Waals surface area contributed by atoms with Crippen LogP contribution in [0.1, 0.15) is 17.2 Å². The van der Waals surface area contributed by atoms with E-state index in [1.165, 1.54) is 18.3 Å². The minimum atomic E-state index is -4.35. The summed E-state index contributed by atoms with van der Waals surface area (Å²) in [7, 11) is 0. The van der Waals surface area contributed by atoms with E-state index in [1.54, 1.807) is 24.4 Å². The number of rotatable bonds is 3. The number of aromatic nitrogens is 1. The largest absolute Gasteiger partial charge is 0.438 e. The van der Waals surface area contributed by atoms with Crippen LogP contribution in [0.25, 0.3) is 0 Å². The van der Waals surface area contributed by atoms with Crippen LogP contribution in [0.2, 0.25) is 0 Å². The van der Waals surface area contributed by atoms with E-state index in [2.05, 4.69) is 10.5 Å². The molecule has 7 heteroatoms. The van der Waals surface area contributed by atoms with E-state index in [4.69, 9.17) is 9.57 Å². The van der Waals surface area contributed by atoms with Gasteiger partial charge in [-0.2, -0.15) is 13.2 Å². The summed E-state index contributed by atoms with van der Waals surface area (Å²) in [6.45, 7) is 0. The Morgan fingerprint density at radius 2 is 1.91 bits per heavy atom. The zero-order chi connectivity index (χ0) is 15.6. The van der Waals surface area contributed by atoms with E-state index in [0.717, 1.165) is 12.1 Å². The van der Waals surface area contributed by atoms with Gasteiger partial charge in [-0.3, -0.25) is 9.82 Å². The van der Waals surface area contributed by atoms with Crippen molar-refractivity contribution in [2.24, 2.45) is 0 Å². The van der Waals surface area contributed by atoms with Crippen LogP contribution in [0, 0.1) is 0 Å². The van der Waals surface area contributed by atoms with Crippen LogP contribution in [-0.2, 0) is 11.0 Å². The van der Waals surface area contributed by atoms with Crippen LogP contribution < -0.4 is 10.2 Å². The Balaban J connectivity index is 1.71. The number of benzene rings is 1. The van der Waals surface area contributed by atoms with Crippen LogP contribution in [0.3, 0.4) is 0 Å². The fourth-order valence-electron chi connectivity index (χ4n) is 1.94. The maximum atomic E-state index is 12.5. The minimum Gasteiger partial charge on any atom is -0.438 e. The monoisotopic (exact) mass is 308 g/mol. The van der Waals surface area contributed by atoms with Crippen molar-refractivity contribution in [3.8, 4) is 5.75 Å². The lowest BCUT2D eigenvalue weighted by Crippen LogP contribution is -2.12. The molecule has 0 saturated heterocycles. The first-order chi connectivity index (χ1) is 10.5. The molecule has 0 radical (unpaired) electrons. The third kappa shape index (κ3) is 3.20. The van der Waals surface area contributed by atoms with Gasteiger partial charge in [0, 0.05) is 12.3 Å². The molecule has 0 saturated carbocycles. The highest BCUT2D eigenvalue weighted by atomic mass is 19.4. The number of hydroxylamine groups is 1. The summed E-state index contributed by atoms with van der Waals surface area (Å²) in [5.74, 6) is 0.885. The van der Waals surface area contributed by atoms with Crippen LogP contribution in [0.4, 0.5) is 13.2 Å². The Morgan fingerprint density at radius 3 is 2.55 bits per heavy atom. The van der Waals surface area contributed by atoms with Crippen LogP contribution in [-0.4, -0.2) is 4.98 Å². The zero-order valence-electron chi connectivity index (χ0n) is 11.2. The predicted molar refractivity (Wildman–Crippen MR) is 71.4 cm³/mol. The second-order valence-electron chi connectivity index (χ2n) is 4.58. The van der Waals surface area contributed by atoms with Gasteiger partial charge in [0.05, 0.1) is 11.8 Å². The van der Waals surface area contributed by atoms with Gasteiger partial charge in [-0.15, -0.1) is 0 Å². The molecule has 0 bridgehead atoms. The van der Waals surface area contributed by atoms with Crippen molar-refractivity contribution in [3.05, 3.63) is 71.9 Å². The fraction of sp³-hybridized carbons (Fsp3) is 0.133. The van der Waals surface area contributed by atoms with E-state index in [1.807, 2.05) is 0 Å². The molecule has 4 nitrogen and oxygen atoms in total. The van der Waals surface area contributed by atoms with E-state index in [9.17, 15) is 13.2 Å². The summed E-state index contributed by atoms with van der Waals surface area (Å²) in [5.41, 5.74) is 2.48. The number of pyridine rings is 1. The molecule has 0 fully saturated rings. The summed E-state index contributed by atoms with van der Waals surface area (Å²) in [4.78, 5) is 9.19. The van der Waals surface area contributed by atoms with Crippen LogP contribution >= 0.6 is 0 Å². The molecular weight excluding hydrogens is 297 g/mol. The third-order valence-corrected chi connectivity index (χ3v) is 3.02. The summed E-state index contributed by atoms with van der Waals surface area (Å²) < 4.78 is 43.0. The lowest BCUT2D eigenvalue weighted by molar-refractivity contribution is -0.137. The van der Waals surface area contributed by atoms with E-state index < -0.39 is 17.8 Å². The molecule has 3 rings (SSSR count). The predicted octanol–water partition coefficient (Wildman–Crippen LogP) is 3.60. The molecule has 114 valence electrons. The summed E-state index contributed by atoms with van der Waals surface area (Å²) >= 11 is 0. The van der Waals surface area contributed by atoms with Gasteiger partial charge in [-0.05, 0) is 29.8 Å². The van der Waals surface area contributed by atoms with E-state index >= 15 is 0 Å². The average Bonchev–Trinajstić information content (AvgIpc) is 2.96. The lowest BCUT2D eigenvalue weighted by Gasteiger charge is -2.10. The minimum absolute atomic E-state index is 0.359. The molecule has 1 aliphatic rings. The lowest BCUT2D eigenvalue weighted by atomic mass is 10.1. The van der Waals surface area contributed by atoms with Crippen molar-refractivity contribution in [2.45, 2.75) is 12.3 Å². The Morgan fingerprint density at radius 1 is 1.14 bits per heavy atom. The second kappa shape index (κ2) is 5.69. The normalized spacial score (nSPS) is 17.8. The highest BCUT2D eigenvalue weighted by Gasteiger charge is 2.30. The first-order valence-electron chi connectivity index (χ1n) is 6.41. The van der Waals surface area contributed by atoms with Gasteiger partial charge in [-0.25, -0.2) is 5.48 Å². The van der Waals surface area contributed by atoms with Crippen molar-refractivity contribution >= 4 is 0 Å². The number of hydrogen-bond acceptors (Lipinski definition) is 4. The smallest absolute Gasteiger partial charge is 0.416 e. The van der Waals surface area contributed by atoms with Gasteiger partial charge in [0.25, 0.3) is 0 Å². The summed E-state index contributed by atoms with van der Waals surface area (Å²) in [6.07, 6.45) is -0.0829. The fourth-order valence-corrected chi connectivity index (χ4v) is 1.94. The van der Waals surface area contributed by atoms with Crippen molar-refractivity contribution in [1.82, 2.24) is 10.5 Å². The standard InChI is InChI=1S/C15H11F3N2O2/c16-15(17,18)11-5-3-10(4-6-11)13-8-14(20-22-13)21-12-2-1-7-19-9-12/h1-9,13,20H/t13-/m1/s1. The molecule has 0 amide bonds. The quantitative estimate of drug-likeness (QED) is 0.941. The Bertz CT molecular complexity index is 669. The maximum absolute atomic E-state index is 12.5. The maximum Gasteiger partial charge on any atom is 0.416 e. The highest BCUT2D eigenvalue weighted by Crippen LogP contribution is 2.31. The van der Waals surface area contributed by atoms with Gasteiger partial charge < -0.3 is 4.74 Å². The van der Waals surface area contributed by atoms with Crippen molar-refractivity contribution in [3.63, 3.8) is 0 Å². The number of nitrogens with zero attached hydrogens (tertiary/aromatic N) is 1. The third-order valence-electron chi connectivity index (χ3n) is 3.02. The molecular formula is C15H11F3N2O2. The van der Waals surface area contributed by atoms with Gasteiger partial charge in [0.2, 0.25) is 5.88 Å². The number of alkyl halides is 3. The number of hydrogen-bond donors (Lipinski definition) is 1. The number of nitrogens with one attached hydrogen (secondary N) is 1. The van der Waals surface area contributed by atoms with Crippen molar-refractivity contribution in [1.29, 1.82) is 0 Å². The molecule has 1 aromatic carbocycles. The van der Waals surface area contributed by atoms with Crippen molar-refractivity contribution < 1.29 is 22.7 Å². The molecule has 1 aromatic heterocycles. The summed E-state index contributed by atoms with van der Waals surface area (Å²) in [5, 5.41) is 0. The van der Waals surface area contributed by atoms with Gasteiger partial charge in [0.1, 0.15) is 11.9 Å². The van der Waals surface area contributed by atoms with E-state index in [-0.39, 0.29) is 0 Å². The average molecular weight is 308 g/mol. The number of ether oxygens (including phenoxy) is 1. The van der Waals surface area contributed by atoms with Crippen molar-refractivity contribution in [2.75, 3.05) is 0 Å². The number of halogens is 3. The topological polar surface area (TPSA) is 43.4 Å². The molecule has 0 spiro atoms. The Labute approximate surface area is 124 Å². The molecule has 22 heavy (non-hydrogen) atoms. The molecule has 1 N–H and O–H groups in total. The molecule has 0 aliphatic carbocycles. The molecule has 1 atom stereocenters. The highest BCUT2D eigenvalue weighted by molar-refractivity contribution is 5.29. The SMILES string of the molecule is FC(F)(F)c1ccc([C@H]2C=C(Oc3cccnc3)NO2)cc1. The van der Waals surface area contributed by atoms with Crippen LogP contribution in [0.15, 0.2) is 60.8 Å². The molecule has 2 heterocycles. The van der Waals surface area contributed by atoms with Crippen LogP contribution in [0.5, 0.6) is 5.75 Å². The molecule has 1 aliphatic heterocycles. The van der Waals surface area contributed by atoms with Gasteiger partial charge in [0.15, 0.2) is 0 Å². The molecule has 0 unspecified atom stereocenters. The first kappa shape index (κ1) is 14.4. The Kier molecular flexibility index (Phi) is 3.72. The second-order valence-corrected chi connectivity index (χ2v) is 4.58. The van der Waals surface area contributed by atoms with Gasteiger partial charge >= 0.3 is 6.18 Å². The van der Waals surface area contributed by atoms with Gasteiger partial charge in [-0.1, -0.05) is 12.1 Å². The Hall–Kier alpha value is -2.54.